The van der Waals surface area contributed by atoms with Crippen LogP contribution in [0.1, 0.15) is 58.8 Å². The van der Waals surface area contributed by atoms with Gasteiger partial charge in [0, 0.05) is 0 Å². The van der Waals surface area contributed by atoms with Gasteiger partial charge in [0.2, 0.25) is 0 Å². The van der Waals surface area contributed by atoms with E-state index < -0.39 is 5.41 Å². The summed E-state index contributed by atoms with van der Waals surface area (Å²) in [5.74, 6) is -0.613. The van der Waals surface area contributed by atoms with E-state index in [0.717, 1.165) is 16.2 Å². The first kappa shape index (κ1) is 26.7. The first-order valence-electron chi connectivity index (χ1n) is 12.2. The van der Waals surface area contributed by atoms with Gasteiger partial charge in [-0.25, -0.2) is 4.79 Å². The van der Waals surface area contributed by atoms with Crippen LogP contribution in [0.2, 0.25) is 0 Å². The van der Waals surface area contributed by atoms with Crippen LogP contribution in [0.5, 0.6) is 0 Å². The second-order valence-corrected chi connectivity index (χ2v) is 11.3. The van der Waals surface area contributed by atoms with E-state index in [1.54, 1.807) is 6.07 Å². The Balaban J connectivity index is 1.45. The lowest BCUT2D eigenvalue weighted by Gasteiger charge is -2.48. The summed E-state index contributed by atoms with van der Waals surface area (Å²) in [7, 11) is 0. The van der Waals surface area contributed by atoms with E-state index in [1.807, 2.05) is 31.2 Å². The fraction of sp³-hybridized carbons (Fsp3) is 0.467. The number of rotatable bonds is 8. The fourth-order valence-corrected chi connectivity index (χ4v) is 4.52. The summed E-state index contributed by atoms with van der Waals surface area (Å²) < 4.78 is 16.4. The van der Waals surface area contributed by atoms with Crippen LogP contribution in [-0.2, 0) is 19.0 Å². The van der Waals surface area contributed by atoms with Gasteiger partial charge in [-0.2, -0.15) is 0 Å². The van der Waals surface area contributed by atoms with Crippen molar-refractivity contribution in [3.8, 4) is 0 Å². The van der Waals surface area contributed by atoms with Gasteiger partial charge in [0.1, 0.15) is 13.2 Å². The minimum Gasteiger partial charge on any atom is -0.463 e. The van der Waals surface area contributed by atoms with Gasteiger partial charge in [0.25, 0.3) is 0 Å². The molecule has 0 saturated carbocycles. The number of hydrogen-bond acceptors (Lipinski definition) is 5. The number of fused-ring (bicyclic) bond motifs is 2. The van der Waals surface area contributed by atoms with E-state index >= 15 is 0 Å². The maximum Gasteiger partial charge on any atom is 0.338 e. The largest absolute Gasteiger partial charge is 0.463 e. The summed E-state index contributed by atoms with van der Waals surface area (Å²) in [5.41, 5.74) is -0.660. The number of carbonyl (C=O) groups is 2. The molecule has 5 nitrogen and oxygen atoms in total. The van der Waals surface area contributed by atoms with Gasteiger partial charge in [0.15, 0.2) is 0 Å². The lowest BCUT2D eigenvalue weighted by atomic mass is 9.55. The van der Waals surface area contributed by atoms with E-state index in [-0.39, 0.29) is 49.2 Å². The summed E-state index contributed by atoms with van der Waals surface area (Å²) >= 11 is 0. The maximum atomic E-state index is 12.9. The Morgan fingerprint density at radius 3 is 1.71 bits per heavy atom. The minimum absolute atomic E-state index is 0.129. The molecule has 0 unspecified atom stereocenters. The Morgan fingerprint density at radius 2 is 1.14 bits per heavy atom. The monoisotopic (exact) mass is 478 g/mol. The standard InChI is InChI=1S/C30H38O5/c1-28(2,3)30(7,29(4,5)6)27(32)35-17-15-33-14-16-34-26(31)24-13-12-23-18-21-10-8-9-11-22(21)19-25(23)20-24/h8-13,18-20H,14-17H2,1-7H3. The lowest BCUT2D eigenvalue weighted by molar-refractivity contribution is -0.174. The van der Waals surface area contributed by atoms with Crippen LogP contribution in [0.25, 0.3) is 21.5 Å². The number of benzene rings is 3. The molecule has 0 aliphatic carbocycles. The molecule has 0 aliphatic rings. The van der Waals surface area contributed by atoms with E-state index in [2.05, 4.69) is 65.8 Å². The Labute approximate surface area is 208 Å². The van der Waals surface area contributed by atoms with Crippen molar-refractivity contribution in [3.63, 3.8) is 0 Å². The molecule has 0 N–H and O–H groups in total. The molecular formula is C30H38O5. The second kappa shape index (κ2) is 10.4. The second-order valence-electron chi connectivity index (χ2n) is 11.3. The minimum atomic E-state index is -0.651. The predicted molar refractivity (Wildman–Crippen MR) is 141 cm³/mol. The molecule has 3 aromatic rings. The predicted octanol–water partition coefficient (Wildman–Crippen LogP) is 6.81. The van der Waals surface area contributed by atoms with Crippen LogP contribution >= 0.6 is 0 Å². The zero-order valence-electron chi connectivity index (χ0n) is 22.1. The topological polar surface area (TPSA) is 61.8 Å². The highest BCUT2D eigenvalue weighted by Gasteiger charge is 2.53. The number of hydrogen-bond donors (Lipinski definition) is 0. The normalized spacial score (nSPS) is 12.7. The van der Waals surface area contributed by atoms with Gasteiger partial charge >= 0.3 is 11.9 Å². The van der Waals surface area contributed by atoms with Gasteiger partial charge < -0.3 is 14.2 Å². The van der Waals surface area contributed by atoms with Crippen molar-refractivity contribution >= 4 is 33.5 Å². The van der Waals surface area contributed by atoms with Crippen molar-refractivity contribution in [2.75, 3.05) is 26.4 Å². The summed E-state index contributed by atoms with van der Waals surface area (Å²) in [6.07, 6.45) is 0. The zero-order chi connectivity index (χ0) is 25.9. The van der Waals surface area contributed by atoms with Crippen molar-refractivity contribution in [3.05, 3.63) is 60.2 Å². The molecule has 5 heteroatoms. The quantitative estimate of drug-likeness (QED) is 0.202. The number of carbonyl (C=O) groups excluding carboxylic acids is 2. The smallest absolute Gasteiger partial charge is 0.338 e. The summed E-state index contributed by atoms with van der Waals surface area (Å²) in [6, 6.07) is 17.9. The van der Waals surface area contributed by atoms with Crippen LogP contribution in [0, 0.1) is 16.2 Å². The highest BCUT2D eigenvalue weighted by molar-refractivity contribution is 6.01. The molecule has 3 aromatic carbocycles. The van der Waals surface area contributed by atoms with Gasteiger partial charge in [-0.3, -0.25) is 4.79 Å². The van der Waals surface area contributed by atoms with Crippen molar-refractivity contribution in [2.24, 2.45) is 16.2 Å². The third kappa shape index (κ3) is 5.84. The molecular weight excluding hydrogens is 440 g/mol. The molecule has 0 atom stereocenters. The van der Waals surface area contributed by atoms with E-state index in [9.17, 15) is 9.59 Å². The third-order valence-electron chi connectivity index (χ3n) is 7.27. The van der Waals surface area contributed by atoms with Crippen LogP contribution in [-0.4, -0.2) is 38.4 Å². The highest BCUT2D eigenvalue weighted by atomic mass is 16.6. The van der Waals surface area contributed by atoms with Crippen molar-refractivity contribution in [1.82, 2.24) is 0 Å². The van der Waals surface area contributed by atoms with Crippen molar-refractivity contribution < 1.29 is 23.8 Å². The maximum absolute atomic E-state index is 12.9. The average Bonchev–Trinajstić information content (AvgIpc) is 2.79. The van der Waals surface area contributed by atoms with Gasteiger partial charge in [-0.1, -0.05) is 71.9 Å². The molecule has 0 radical (unpaired) electrons. The SMILES string of the molecule is CC(C)(C)C(C)(C(=O)OCCOCCOC(=O)c1ccc2cc3ccccc3cc2c1)C(C)(C)C. The first-order chi connectivity index (χ1) is 16.3. The van der Waals surface area contributed by atoms with Gasteiger partial charge in [-0.05, 0) is 63.6 Å². The molecule has 0 spiro atoms. The van der Waals surface area contributed by atoms with Crippen LogP contribution in [0.3, 0.4) is 0 Å². The highest BCUT2D eigenvalue weighted by Crippen LogP contribution is 2.52. The van der Waals surface area contributed by atoms with E-state index in [4.69, 9.17) is 14.2 Å². The molecule has 3 rings (SSSR count). The molecule has 0 saturated heterocycles. The Hall–Kier alpha value is -2.92. The Kier molecular flexibility index (Phi) is 7.90. The average molecular weight is 479 g/mol. The molecule has 35 heavy (non-hydrogen) atoms. The molecule has 0 heterocycles. The number of ether oxygens (including phenoxy) is 3. The summed E-state index contributed by atoms with van der Waals surface area (Å²) in [6.45, 7) is 15.1. The van der Waals surface area contributed by atoms with Crippen LogP contribution < -0.4 is 0 Å². The Morgan fingerprint density at radius 1 is 0.629 bits per heavy atom. The van der Waals surface area contributed by atoms with Gasteiger partial charge in [0.05, 0.1) is 24.2 Å². The summed E-state index contributed by atoms with van der Waals surface area (Å²) in [5, 5.41) is 4.37. The molecule has 0 aliphatic heterocycles. The van der Waals surface area contributed by atoms with Crippen LogP contribution in [0.4, 0.5) is 0 Å². The third-order valence-corrected chi connectivity index (χ3v) is 7.27. The van der Waals surface area contributed by atoms with Crippen molar-refractivity contribution in [1.29, 1.82) is 0 Å². The first-order valence-corrected chi connectivity index (χ1v) is 12.2. The zero-order valence-corrected chi connectivity index (χ0v) is 22.1. The molecule has 0 bridgehead atoms. The van der Waals surface area contributed by atoms with Gasteiger partial charge in [-0.15, -0.1) is 0 Å². The van der Waals surface area contributed by atoms with Crippen LogP contribution in [0.15, 0.2) is 54.6 Å². The fourth-order valence-electron chi connectivity index (χ4n) is 4.52. The number of esters is 2. The lowest BCUT2D eigenvalue weighted by Crippen LogP contribution is -2.51. The van der Waals surface area contributed by atoms with Crippen molar-refractivity contribution in [2.45, 2.75) is 48.5 Å². The summed E-state index contributed by atoms with van der Waals surface area (Å²) in [4.78, 5) is 25.4. The van der Waals surface area contributed by atoms with E-state index in [0.29, 0.717) is 5.56 Å². The molecule has 0 amide bonds. The molecule has 0 fully saturated rings. The molecule has 188 valence electrons. The van der Waals surface area contributed by atoms with E-state index in [1.165, 1.54) is 5.39 Å². The molecule has 0 aromatic heterocycles. The Bertz CT molecular complexity index is 1180.